The predicted molar refractivity (Wildman–Crippen MR) is 79.0 cm³/mol. The van der Waals surface area contributed by atoms with E-state index in [0.29, 0.717) is 12.4 Å². The molecule has 7 nitrogen and oxygen atoms in total. The minimum Gasteiger partial charge on any atom is -0.494 e. The van der Waals surface area contributed by atoms with Crippen molar-refractivity contribution in [1.29, 1.82) is 0 Å². The number of nitrogens with one attached hydrogen (secondary N) is 2. The van der Waals surface area contributed by atoms with Crippen LogP contribution >= 0.6 is 0 Å². The van der Waals surface area contributed by atoms with Crippen LogP contribution in [0.3, 0.4) is 0 Å². The van der Waals surface area contributed by atoms with Gasteiger partial charge in [0.05, 0.1) is 12.9 Å². The van der Waals surface area contributed by atoms with Crippen molar-refractivity contribution in [3.05, 3.63) is 24.3 Å². The van der Waals surface area contributed by atoms with Crippen LogP contribution < -0.4 is 19.5 Å². The minimum atomic E-state index is -3.23. The number of sulfonamides is 1. The molecule has 0 atom stereocenters. The van der Waals surface area contributed by atoms with Crippen molar-refractivity contribution in [1.82, 2.24) is 10.0 Å². The summed E-state index contributed by atoms with van der Waals surface area (Å²) in [5.74, 6) is 0.975. The van der Waals surface area contributed by atoms with Crippen LogP contribution in [-0.2, 0) is 14.8 Å². The lowest BCUT2D eigenvalue weighted by Crippen LogP contribution is -2.36. The number of carbonyl (C=O) groups is 1. The second kappa shape index (κ2) is 8.48. The lowest BCUT2D eigenvalue weighted by molar-refractivity contribution is -0.123. The molecule has 0 saturated carbocycles. The van der Waals surface area contributed by atoms with Crippen LogP contribution in [-0.4, -0.2) is 46.9 Å². The van der Waals surface area contributed by atoms with Gasteiger partial charge in [0.2, 0.25) is 10.0 Å². The Morgan fingerprint density at radius 1 is 1.10 bits per heavy atom. The molecule has 1 aromatic carbocycles. The Morgan fingerprint density at radius 2 is 1.67 bits per heavy atom. The zero-order valence-electron chi connectivity index (χ0n) is 12.1. The lowest BCUT2D eigenvalue weighted by atomic mass is 10.3. The van der Waals surface area contributed by atoms with Crippen LogP contribution in [0.15, 0.2) is 24.3 Å². The van der Waals surface area contributed by atoms with E-state index in [1.807, 2.05) is 6.92 Å². The quantitative estimate of drug-likeness (QED) is 0.632. The van der Waals surface area contributed by atoms with Gasteiger partial charge in [0.25, 0.3) is 5.91 Å². The molecule has 0 aliphatic heterocycles. The van der Waals surface area contributed by atoms with E-state index < -0.39 is 10.0 Å². The van der Waals surface area contributed by atoms with E-state index in [9.17, 15) is 13.2 Å². The van der Waals surface area contributed by atoms with Gasteiger partial charge in [0.1, 0.15) is 11.5 Å². The first-order chi connectivity index (χ1) is 9.90. The monoisotopic (exact) mass is 316 g/mol. The van der Waals surface area contributed by atoms with Crippen LogP contribution in [0, 0.1) is 0 Å². The van der Waals surface area contributed by atoms with E-state index in [1.54, 1.807) is 24.3 Å². The van der Waals surface area contributed by atoms with Crippen LogP contribution in [0.5, 0.6) is 11.5 Å². The summed E-state index contributed by atoms with van der Waals surface area (Å²) < 4.78 is 34.5. The van der Waals surface area contributed by atoms with Crippen molar-refractivity contribution in [3.8, 4) is 11.5 Å². The third kappa shape index (κ3) is 8.16. The van der Waals surface area contributed by atoms with Crippen molar-refractivity contribution >= 4 is 15.9 Å². The molecule has 0 spiro atoms. The molecular weight excluding hydrogens is 296 g/mol. The lowest BCUT2D eigenvalue weighted by Gasteiger charge is -2.08. The molecule has 0 fully saturated rings. The van der Waals surface area contributed by atoms with Gasteiger partial charge in [-0.2, -0.15) is 0 Å². The van der Waals surface area contributed by atoms with Crippen molar-refractivity contribution in [3.63, 3.8) is 0 Å². The summed E-state index contributed by atoms with van der Waals surface area (Å²) in [7, 11) is -3.23. The molecule has 1 aromatic rings. The van der Waals surface area contributed by atoms with Crippen molar-refractivity contribution in [2.24, 2.45) is 0 Å². The topological polar surface area (TPSA) is 93.7 Å². The maximum atomic E-state index is 11.5. The molecule has 0 aliphatic carbocycles. The Bertz CT molecular complexity index is 542. The molecule has 0 aliphatic rings. The van der Waals surface area contributed by atoms with Gasteiger partial charge in [0.15, 0.2) is 6.61 Å². The summed E-state index contributed by atoms with van der Waals surface area (Å²) in [5.41, 5.74) is 0. The Labute approximate surface area is 124 Å². The highest BCUT2D eigenvalue weighted by molar-refractivity contribution is 7.88. The summed E-state index contributed by atoms with van der Waals surface area (Å²) >= 11 is 0. The highest BCUT2D eigenvalue weighted by Crippen LogP contribution is 2.17. The average Bonchev–Trinajstić information content (AvgIpc) is 2.42. The largest absolute Gasteiger partial charge is 0.494 e. The Morgan fingerprint density at radius 3 is 2.19 bits per heavy atom. The number of hydrogen-bond acceptors (Lipinski definition) is 5. The van der Waals surface area contributed by atoms with Crippen LogP contribution in [0.1, 0.15) is 6.92 Å². The molecule has 8 heteroatoms. The van der Waals surface area contributed by atoms with E-state index in [4.69, 9.17) is 9.47 Å². The van der Waals surface area contributed by atoms with E-state index in [0.717, 1.165) is 12.0 Å². The van der Waals surface area contributed by atoms with Crippen LogP contribution in [0.2, 0.25) is 0 Å². The highest BCUT2D eigenvalue weighted by Gasteiger charge is 2.04. The second-order valence-corrected chi connectivity index (χ2v) is 6.04. The van der Waals surface area contributed by atoms with Crippen molar-refractivity contribution < 1.29 is 22.7 Å². The van der Waals surface area contributed by atoms with Gasteiger partial charge in [-0.05, 0) is 31.2 Å². The summed E-state index contributed by atoms with van der Waals surface area (Å²) in [6, 6.07) is 6.94. The molecule has 0 saturated heterocycles. The van der Waals surface area contributed by atoms with Gasteiger partial charge >= 0.3 is 0 Å². The Balaban J connectivity index is 2.23. The van der Waals surface area contributed by atoms with E-state index in [-0.39, 0.29) is 25.6 Å². The van der Waals surface area contributed by atoms with Gasteiger partial charge < -0.3 is 14.8 Å². The van der Waals surface area contributed by atoms with E-state index in [2.05, 4.69) is 10.0 Å². The summed E-state index contributed by atoms with van der Waals surface area (Å²) in [5, 5.41) is 2.54. The van der Waals surface area contributed by atoms with Gasteiger partial charge in [-0.25, -0.2) is 13.1 Å². The molecule has 21 heavy (non-hydrogen) atoms. The maximum absolute atomic E-state index is 11.5. The number of rotatable bonds is 9. The summed E-state index contributed by atoms with van der Waals surface area (Å²) in [4.78, 5) is 11.5. The third-order valence-corrected chi connectivity index (χ3v) is 3.04. The minimum absolute atomic E-state index is 0.132. The molecule has 2 N–H and O–H groups in total. The number of hydrogen-bond donors (Lipinski definition) is 2. The van der Waals surface area contributed by atoms with E-state index in [1.165, 1.54) is 0 Å². The van der Waals surface area contributed by atoms with Gasteiger partial charge in [-0.15, -0.1) is 0 Å². The van der Waals surface area contributed by atoms with Gasteiger partial charge in [-0.3, -0.25) is 4.79 Å². The number of ether oxygens (including phenoxy) is 2. The van der Waals surface area contributed by atoms with E-state index >= 15 is 0 Å². The molecule has 0 heterocycles. The zero-order chi connectivity index (χ0) is 15.7. The molecule has 0 aromatic heterocycles. The summed E-state index contributed by atoms with van der Waals surface area (Å²) in [6.45, 7) is 2.70. The fourth-order valence-corrected chi connectivity index (χ4v) is 1.91. The van der Waals surface area contributed by atoms with Crippen molar-refractivity contribution in [2.45, 2.75) is 6.92 Å². The van der Waals surface area contributed by atoms with Gasteiger partial charge in [-0.1, -0.05) is 0 Å². The molecule has 0 bridgehead atoms. The average molecular weight is 316 g/mol. The highest BCUT2D eigenvalue weighted by atomic mass is 32.2. The Kier molecular flexibility index (Phi) is 6.97. The molecular formula is C13H20N2O5S. The first kappa shape index (κ1) is 17.3. The first-order valence-corrected chi connectivity index (χ1v) is 8.37. The maximum Gasteiger partial charge on any atom is 0.257 e. The zero-order valence-corrected chi connectivity index (χ0v) is 12.9. The predicted octanol–water partition coefficient (Wildman–Crippen LogP) is 0.130. The fraction of sp³-hybridized carbons (Fsp3) is 0.462. The molecule has 118 valence electrons. The molecule has 0 radical (unpaired) electrons. The Hall–Kier alpha value is -1.80. The standard InChI is InChI=1S/C13H20N2O5S/c1-3-19-11-4-6-12(7-5-11)20-10-13(16)14-8-9-15-21(2,17)18/h4-7,15H,3,8-10H2,1-2H3,(H,14,16). The van der Waals surface area contributed by atoms with Crippen LogP contribution in [0.4, 0.5) is 0 Å². The summed E-state index contributed by atoms with van der Waals surface area (Å²) in [6.07, 6.45) is 1.06. The van der Waals surface area contributed by atoms with Gasteiger partial charge in [0, 0.05) is 13.1 Å². The number of benzene rings is 1. The fourth-order valence-electron chi connectivity index (χ4n) is 1.44. The smallest absolute Gasteiger partial charge is 0.257 e. The third-order valence-electron chi connectivity index (χ3n) is 2.32. The second-order valence-electron chi connectivity index (χ2n) is 4.21. The molecule has 1 rings (SSSR count). The number of amides is 1. The SMILES string of the molecule is CCOc1ccc(OCC(=O)NCCNS(C)(=O)=O)cc1. The normalized spacial score (nSPS) is 11.0. The van der Waals surface area contributed by atoms with Crippen LogP contribution in [0.25, 0.3) is 0 Å². The molecule has 1 amide bonds. The first-order valence-electron chi connectivity index (χ1n) is 6.47. The molecule has 0 unspecified atom stereocenters. The number of carbonyl (C=O) groups excluding carboxylic acids is 1. The van der Waals surface area contributed by atoms with Crippen molar-refractivity contribution in [2.75, 3.05) is 32.6 Å².